The van der Waals surface area contributed by atoms with E-state index in [1.165, 1.54) is 238 Å². The standard InChI is InChI=1S/C55H107NO4/c1-3-5-7-9-11-13-15-17-19-21-23-24-25-26-27-28-29-30-32-34-36-38-40-42-44-46-48-50-54(59)55(60)56-52(51-57)53(58)49-47-45-43-41-39-37-35-33-31-22-20-18-16-14-12-10-8-6-4-2/h39,41,47,49,52-54,57-59H,3-38,40,42-46,48,50-51H2,1-2H3,(H,56,60)/b41-39+,49-47+. The second kappa shape index (κ2) is 50.5. The number of allylic oxidation sites excluding steroid dienone is 3. The summed E-state index contributed by atoms with van der Waals surface area (Å²) in [6.45, 7) is 4.20. The molecule has 0 aliphatic heterocycles. The van der Waals surface area contributed by atoms with Crippen LogP contribution in [0.3, 0.4) is 0 Å². The lowest BCUT2D eigenvalue weighted by Gasteiger charge is -2.21. The zero-order chi connectivity index (χ0) is 43.7. The Balaban J connectivity index is 3.57. The van der Waals surface area contributed by atoms with Crippen molar-refractivity contribution in [2.24, 2.45) is 0 Å². The van der Waals surface area contributed by atoms with Crippen molar-refractivity contribution in [3.63, 3.8) is 0 Å². The maximum atomic E-state index is 12.5. The molecule has 60 heavy (non-hydrogen) atoms. The Labute approximate surface area is 375 Å². The second-order valence-electron chi connectivity index (χ2n) is 18.8. The fraction of sp³-hybridized carbons (Fsp3) is 0.909. The highest BCUT2D eigenvalue weighted by Gasteiger charge is 2.22. The molecule has 5 heteroatoms. The van der Waals surface area contributed by atoms with E-state index in [-0.39, 0.29) is 6.61 Å². The summed E-state index contributed by atoms with van der Waals surface area (Å²) in [6, 6.07) is -0.812. The summed E-state index contributed by atoms with van der Waals surface area (Å²) in [5.41, 5.74) is 0. The van der Waals surface area contributed by atoms with Gasteiger partial charge in [0.05, 0.1) is 18.8 Å². The number of hydrogen-bond donors (Lipinski definition) is 4. The number of hydrogen-bond acceptors (Lipinski definition) is 4. The number of nitrogens with one attached hydrogen (secondary N) is 1. The topological polar surface area (TPSA) is 89.8 Å². The fourth-order valence-corrected chi connectivity index (χ4v) is 8.56. The monoisotopic (exact) mass is 846 g/mol. The highest BCUT2D eigenvalue weighted by molar-refractivity contribution is 5.80. The molecule has 3 atom stereocenters. The van der Waals surface area contributed by atoms with E-state index in [9.17, 15) is 20.1 Å². The van der Waals surface area contributed by atoms with Gasteiger partial charge in [0.15, 0.2) is 0 Å². The Morgan fingerprint density at radius 3 is 1.02 bits per heavy atom. The summed E-state index contributed by atoms with van der Waals surface area (Å²) < 4.78 is 0. The first-order valence-corrected chi connectivity index (χ1v) is 27.2. The van der Waals surface area contributed by atoms with Gasteiger partial charge in [0.1, 0.15) is 6.10 Å². The molecule has 1 amide bonds. The molecule has 0 radical (unpaired) electrons. The lowest BCUT2D eigenvalue weighted by molar-refractivity contribution is -0.131. The maximum Gasteiger partial charge on any atom is 0.249 e. The van der Waals surface area contributed by atoms with E-state index in [0.29, 0.717) is 6.42 Å². The molecule has 0 saturated carbocycles. The van der Waals surface area contributed by atoms with E-state index < -0.39 is 24.2 Å². The number of unbranched alkanes of at least 4 members (excludes halogenated alkanes) is 40. The van der Waals surface area contributed by atoms with Crippen molar-refractivity contribution in [3.8, 4) is 0 Å². The lowest BCUT2D eigenvalue weighted by Crippen LogP contribution is -2.48. The van der Waals surface area contributed by atoms with Crippen molar-refractivity contribution in [2.45, 2.75) is 315 Å². The molecule has 0 rings (SSSR count). The van der Waals surface area contributed by atoms with E-state index in [4.69, 9.17) is 0 Å². The van der Waals surface area contributed by atoms with Crippen LogP contribution in [0, 0.1) is 0 Å². The summed E-state index contributed by atoms with van der Waals surface area (Å²) in [5, 5.41) is 33.3. The largest absolute Gasteiger partial charge is 0.394 e. The molecule has 0 aromatic carbocycles. The predicted octanol–water partition coefficient (Wildman–Crippen LogP) is 16.5. The van der Waals surface area contributed by atoms with Gasteiger partial charge in [0, 0.05) is 0 Å². The van der Waals surface area contributed by atoms with Crippen LogP contribution in [0.4, 0.5) is 0 Å². The number of carbonyl (C=O) groups is 1. The van der Waals surface area contributed by atoms with Gasteiger partial charge in [-0.25, -0.2) is 0 Å². The van der Waals surface area contributed by atoms with Crippen LogP contribution in [-0.2, 0) is 4.79 Å². The highest BCUT2D eigenvalue weighted by atomic mass is 16.3. The Morgan fingerprint density at radius 1 is 0.400 bits per heavy atom. The summed E-state index contributed by atoms with van der Waals surface area (Å²) in [4.78, 5) is 12.5. The van der Waals surface area contributed by atoms with Crippen LogP contribution in [0.5, 0.6) is 0 Å². The van der Waals surface area contributed by atoms with Gasteiger partial charge >= 0.3 is 0 Å². The minimum absolute atomic E-state index is 0.372. The van der Waals surface area contributed by atoms with Gasteiger partial charge < -0.3 is 20.6 Å². The van der Waals surface area contributed by atoms with E-state index in [1.54, 1.807) is 6.08 Å². The molecule has 0 aromatic rings. The van der Waals surface area contributed by atoms with Gasteiger partial charge in [-0.15, -0.1) is 0 Å². The molecule has 0 saturated heterocycles. The van der Waals surface area contributed by atoms with Crippen molar-refractivity contribution >= 4 is 5.91 Å². The molecule has 0 spiro atoms. The van der Waals surface area contributed by atoms with Gasteiger partial charge in [0.25, 0.3) is 0 Å². The average molecular weight is 846 g/mol. The first-order valence-electron chi connectivity index (χ1n) is 27.2. The van der Waals surface area contributed by atoms with Crippen molar-refractivity contribution in [1.82, 2.24) is 5.32 Å². The number of rotatable bonds is 50. The zero-order valence-electron chi connectivity index (χ0n) is 40.6. The second-order valence-corrected chi connectivity index (χ2v) is 18.8. The average Bonchev–Trinajstić information content (AvgIpc) is 3.25. The molecule has 0 aliphatic rings. The predicted molar refractivity (Wildman–Crippen MR) is 264 cm³/mol. The van der Waals surface area contributed by atoms with Crippen molar-refractivity contribution < 1.29 is 20.1 Å². The number of aliphatic hydroxyl groups excluding tert-OH is 3. The molecular formula is C55H107NO4. The Hall–Kier alpha value is -1.17. The first-order chi connectivity index (χ1) is 29.6. The molecular weight excluding hydrogens is 739 g/mol. The molecule has 5 nitrogen and oxygen atoms in total. The molecule has 0 bridgehead atoms. The highest BCUT2D eigenvalue weighted by Crippen LogP contribution is 2.17. The zero-order valence-corrected chi connectivity index (χ0v) is 40.6. The van der Waals surface area contributed by atoms with Gasteiger partial charge in [-0.2, -0.15) is 0 Å². The molecule has 0 heterocycles. The Morgan fingerprint density at radius 2 is 0.683 bits per heavy atom. The molecule has 356 valence electrons. The van der Waals surface area contributed by atoms with Gasteiger partial charge in [0.2, 0.25) is 5.91 Å². The molecule has 0 aromatic heterocycles. The van der Waals surface area contributed by atoms with Crippen molar-refractivity contribution in [2.75, 3.05) is 6.61 Å². The molecule has 0 aliphatic carbocycles. The number of amides is 1. The van der Waals surface area contributed by atoms with E-state index in [1.807, 2.05) is 6.08 Å². The van der Waals surface area contributed by atoms with Crippen molar-refractivity contribution in [3.05, 3.63) is 24.3 Å². The smallest absolute Gasteiger partial charge is 0.249 e. The summed E-state index contributed by atoms with van der Waals surface area (Å²) in [5.74, 6) is -0.507. The summed E-state index contributed by atoms with van der Waals surface area (Å²) >= 11 is 0. The normalized spacial score (nSPS) is 13.5. The van der Waals surface area contributed by atoms with Crippen LogP contribution in [0.1, 0.15) is 296 Å². The van der Waals surface area contributed by atoms with E-state index >= 15 is 0 Å². The quantitative estimate of drug-likeness (QED) is 0.0363. The van der Waals surface area contributed by atoms with Gasteiger partial charge in [-0.1, -0.05) is 289 Å². The number of carbonyl (C=O) groups excluding carboxylic acids is 1. The Bertz CT molecular complexity index is 890. The van der Waals surface area contributed by atoms with Gasteiger partial charge in [-0.3, -0.25) is 4.79 Å². The SMILES string of the molecule is CCCCCCCCCCCCCCC/C=C/CC/C=C/C(O)C(CO)NC(=O)C(O)CCCCCCCCCCCCCCCCCCCCCCCCCCCCC. The van der Waals surface area contributed by atoms with Crippen LogP contribution < -0.4 is 5.32 Å². The lowest BCUT2D eigenvalue weighted by atomic mass is 10.0. The fourth-order valence-electron chi connectivity index (χ4n) is 8.56. The van der Waals surface area contributed by atoms with Gasteiger partial charge in [-0.05, 0) is 32.1 Å². The molecule has 0 fully saturated rings. The van der Waals surface area contributed by atoms with E-state index in [2.05, 4.69) is 31.3 Å². The summed E-state index contributed by atoms with van der Waals surface area (Å²) in [7, 11) is 0. The van der Waals surface area contributed by atoms with E-state index in [0.717, 1.165) is 38.5 Å². The number of aliphatic hydroxyl groups is 3. The maximum absolute atomic E-state index is 12.5. The first kappa shape index (κ1) is 58.8. The molecule has 3 unspecified atom stereocenters. The van der Waals surface area contributed by atoms with Crippen LogP contribution in [0.15, 0.2) is 24.3 Å². The van der Waals surface area contributed by atoms with Crippen LogP contribution in [0.2, 0.25) is 0 Å². The third kappa shape index (κ3) is 44.9. The van der Waals surface area contributed by atoms with Crippen LogP contribution in [0.25, 0.3) is 0 Å². The summed E-state index contributed by atoms with van der Waals surface area (Å²) in [6.07, 6.45) is 64.0. The minimum Gasteiger partial charge on any atom is -0.394 e. The third-order valence-corrected chi connectivity index (χ3v) is 12.8. The minimum atomic E-state index is -1.10. The molecule has 4 N–H and O–H groups in total. The van der Waals surface area contributed by atoms with Crippen LogP contribution in [-0.4, -0.2) is 46.1 Å². The Kier molecular flexibility index (Phi) is 49.5. The van der Waals surface area contributed by atoms with Crippen molar-refractivity contribution in [1.29, 1.82) is 0 Å². The third-order valence-electron chi connectivity index (χ3n) is 12.8. The van der Waals surface area contributed by atoms with Crippen LogP contribution >= 0.6 is 0 Å².